The molecule has 3 rings (SSSR count). The molecule has 1 aromatic heterocycles. The van der Waals surface area contributed by atoms with Crippen molar-refractivity contribution >= 4 is 10.9 Å². The fourth-order valence-electron chi connectivity index (χ4n) is 2.32. The molecule has 0 fully saturated rings. The first-order valence-electron chi connectivity index (χ1n) is 6.55. The Hall–Kier alpha value is -2.50. The Morgan fingerprint density at radius 3 is 2.45 bits per heavy atom. The number of aromatic nitrogens is 1. The second-order valence-electron chi connectivity index (χ2n) is 4.72. The number of rotatable bonds is 1. The normalized spacial score (nSPS) is 11.9. The Kier molecular flexibility index (Phi) is 3.28. The number of benzene rings is 2. The molecule has 0 saturated heterocycles. The summed E-state index contributed by atoms with van der Waals surface area (Å²) in [6.07, 6.45) is -0.785. The summed E-state index contributed by atoms with van der Waals surface area (Å²) in [5.41, 5.74) is 2.82. The second kappa shape index (κ2) is 5.24. The molecular weight excluding hydrogens is 246 g/mol. The Bertz CT molecular complexity index is 790. The SMILES string of the molecule is Cn1c(C(O)C#Cc2ccccc2)cc2ccccc21. The summed E-state index contributed by atoms with van der Waals surface area (Å²) in [6.45, 7) is 0. The molecule has 98 valence electrons. The molecule has 0 aliphatic carbocycles. The molecule has 20 heavy (non-hydrogen) atoms. The van der Waals surface area contributed by atoms with Gasteiger partial charge in [-0.05, 0) is 29.7 Å². The Labute approximate surface area is 118 Å². The molecule has 0 bridgehead atoms. The average Bonchev–Trinajstić information content (AvgIpc) is 2.84. The fraction of sp³-hybridized carbons (Fsp3) is 0.111. The van der Waals surface area contributed by atoms with Crippen molar-refractivity contribution in [2.45, 2.75) is 6.10 Å². The number of nitrogens with zero attached hydrogens (tertiary/aromatic N) is 1. The van der Waals surface area contributed by atoms with E-state index in [1.807, 2.05) is 72.3 Å². The molecule has 2 aromatic carbocycles. The van der Waals surface area contributed by atoms with Gasteiger partial charge in [-0.3, -0.25) is 0 Å². The zero-order chi connectivity index (χ0) is 13.9. The first kappa shape index (κ1) is 12.5. The summed E-state index contributed by atoms with van der Waals surface area (Å²) in [5, 5.41) is 11.4. The van der Waals surface area contributed by atoms with E-state index in [0.717, 1.165) is 22.2 Å². The minimum Gasteiger partial charge on any atom is -0.375 e. The third-order valence-electron chi connectivity index (χ3n) is 3.40. The number of fused-ring (bicyclic) bond motifs is 1. The lowest BCUT2D eigenvalue weighted by Gasteiger charge is -2.05. The number of hydrogen-bond acceptors (Lipinski definition) is 1. The highest BCUT2D eigenvalue weighted by atomic mass is 16.3. The van der Waals surface area contributed by atoms with Gasteiger partial charge in [-0.1, -0.05) is 48.2 Å². The molecule has 2 nitrogen and oxygen atoms in total. The topological polar surface area (TPSA) is 25.2 Å². The van der Waals surface area contributed by atoms with Crippen LogP contribution in [0.2, 0.25) is 0 Å². The summed E-state index contributed by atoms with van der Waals surface area (Å²) in [6, 6.07) is 19.7. The van der Waals surface area contributed by atoms with Crippen LogP contribution in [0.15, 0.2) is 60.7 Å². The summed E-state index contributed by atoms with van der Waals surface area (Å²) in [7, 11) is 1.95. The van der Waals surface area contributed by atoms with E-state index in [1.54, 1.807) is 0 Å². The van der Waals surface area contributed by atoms with E-state index in [4.69, 9.17) is 0 Å². The first-order chi connectivity index (χ1) is 9.75. The zero-order valence-electron chi connectivity index (χ0n) is 11.2. The smallest absolute Gasteiger partial charge is 0.155 e. The second-order valence-corrected chi connectivity index (χ2v) is 4.72. The highest BCUT2D eigenvalue weighted by Gasteiger charge is 2.11. The van der Waals surface area contributed by atoms with Gasteiger partial charge < -0.3 is 9.67 Å². The van der Waals surface area contributed by atoms with Crippen LogP contribution < -0.4 is 0 Å². The summed E-state index contributed by atoms with van der Waals surface area (Å²) in [4.78, 5) is 0. The molecule has 2 heteroatoms. The van der Waals surface area contributed by atoms with E-state index < -0.39 is 6.10 Å². The van der Waals surface area contributed by atoms with Gasteiger partial charge in [0.1, 0.15) is 0 Å². The van der Waals surface area contributed by atoms with Crippen molar-refractivity contribution in [1.82, 2.24) is 4.57 Å². The van der Waals surface area contributed by atoms with Gasteiger partial charge in [0.25, 0.3) is 0 Å². The molecule has 1 atom stereocenters. The van der Waals surface area contributed by atoms with Gasteiger partial charge in [0, 0.05) is 18.1 Å². The minimum atomic E-state index is -0.785. The molecule has 0 saturated carbocycles. The van der Waals surface area contributed by atoms with Crippen molar-refractivity contribution in [3.05, 3.63) is 71.9 Å². The van der Waals surface area contributed by atoms with Crippen LogP contribution in [-0.4, -0.2) is 9.67 Å². The lowest BCUT2D eigenvalue weighted by atomic mass is 10.2. The lowest BCUT2D eigenvalue weighted by Crippen LogP contribution is -2.01. The van der Waals surface area contributed by atoms with Crippen LogP contribution in [0.25, 0.3) is 10.9 Å². The Morgan fingerprint density at radius 1 is 1.00 bits per heavy atom. The maximum atomic E-state index is 10.3. The molecule has 0 radical (unpaired) electrons. The molecule has 1 N–H and O–H groups in total. The fourth-order valence-corrected chi connectivity index (χ4v) is 2.32. The number of aliphatic hydroxyl groups is 1. The van der Waals surface area contributed by atoms with Crippen LogP contribution in [0.1, 0.15) is 17.4 Å². The van der Waals surface area contributed by atoms with Gasteiger partial charge >= 0.3 is 0 Å². The van der Waals surface area contributed by atoms with Crippen LogP contribution in [0.3, 0.4) is 0 Å². The number of para-hydroxylation sites is 1. The third kappa shape index (κ3) is 2.32. The number of aliphatic hydroxyl groups excluding tert-OH is 1. The van der Waals surface area contributed by atoms with Crippen molar-refractivity contribution in [1.29, 1.82) is 0 Å². The maximum absolute atomic E-state index is 10.3. The lowest BCUT2D eigenvalue weighted by molar-refractivity contribution is 0.230. The maximum Gasteiger partial charge on any atom is 0.155 e. The van der Waals surface area contributed by atoms with E-state index in [9.17, 15) is 5.11 Å². The molecule has 1 heterocycles. The third-order valence-corrected chi connectivity index (χ3v) is 3.40. The average molecular weight is 261 g/mol. The highest BCUT2D eigenvalue weighted by molar-refractivity contribution is 5.81. The van der Waals surface area contributed by atoms with Crippen molar-refractivity contribution in [2.75, 3.05) is 0 Å². The molecule has 0 aliphatic heterocycles. The van der Waals surface area contributed by atoms with E-state index in [0.29, 0.717) is 0 Å². The van der Waals surface area contributed by atoms with Crippen LogP contribution in [-0.2, 0) is 7.05 Å². The number of hydrogen-bond donors (Lipinski definition) is 1. The predicted octanol–water partition coefficient (Wildman–Crippen LogP) is 3.26. The largest absolute Gasteiger partial charge is 0.375 e. The van der Waals surface area contributed by atoms with Crippen LogP contribution in [0.5, 0.6) is 0 Å². The highest BCUT2D eigenvalue weighted by Crippen LogP contribution is 2.22. The molecular formula is C18H15NO. The van der Waals surface area contributed by atoms with Crippen molar-refractivity contribution in [2.24, 2.45) is 7.05 Å². The van der Waals surface area contributed by atoms with Crippen molar-refractivity contribution < 1.29 is 5.11 Å². The summed E-state index contributed by atoms with van der Waals surface area (Å²) < 4.78 is 1.99. The van der Waals surface area contributed by atoms with Crippen molar-refractivity contribution in [3.63, 3.8) is 0 Å². The van der Waals surface area contributed by atoms with Crippen LogP contribution >= 0.6 is 0 Å². The van der Waals surface area contributed by atoms with Gasteiger partial charge in [0.2, 0.25) is 0 Å². The standard InChI is InChI=1S/C18H15NO/c1-19-16-10-6-5-9-15(16)13-17(19)18(20)12-11-14-7-3-2-4-8-14/h2-10,13,18,20H,1H3. The molecule has 1 unspecified atom stereocenters. The molecule has 3 aromatic rings. The van der Waals surface area contributed by atoms with Crippen LogP contribution in [0, 0.1) is 11.8 Å². The quantitative estimate of drug-likeness (QED) is 0.668. The minimum absolute atomic E-state index is 0.785. The molecule has 0 aliphatic rings. The van der Waals surface area contributed by atoms with Crippen LogP contribution in [0.4, 0.5) is 0 Å². The summed E-state index contributed by atoms with van der Waals surface area (Å²) >= 11 is 0. The predicted molar refractivity (Wildman–Crippen MR) is 81.2 cm³/mol. The van der Waals surface area contributed by atoms with E-state index >= 15 is 0 Å². The molecule has 0 spiro atoms. The zero-order valence-corrected chi connectivity index (χ0v) is 11.2. The van der Waals surface area contributed by atoms with Gasteiger partial charge in [0.05, 0.1) is 5.69 Å². The Morgan fingerprint density at radius 2 is 1.70 bits per heavy atom. The van der Waals surface area contributed by atoms with Gasteiger partial charge in [-0.2, -0.15) is 0 Å². The van der Waals surface area contributed by atoms with Gasteiger partial charge in [0.15, 0.2) is 6.10 Å². The molecule has 0 amide bonds. The van der Waals surface area contributed by atoms with Crippen molar-refractivity contribution in [3.8, 4) is 11.8 Å². The van der Waals surface area contributed by atoms with Gasteiger partial charge in [-0.15, -0.1) is 0 Å². The van der Waals surface area contributed by atoms with E-state index in [1.165, 1.54) is 0 Å². The Balaban J connectivity index is 1.95. The monoisotopic (exact) mass is 261 g/mol. The van der Waals surface area contributed by atoms with Gasteiger partial charge in [-0.25, -0.2) is 0 Å². The number of aryl methyl sites for hydroxylation is 1. The summed E-state index contributed by atoms with van der Waals surface area (Å²) in [5.74, 6) is 5.90. The van der Waals surface area contributed by atoms with E-state index in [-0.39, 0.29) is 0 Å². The first-order valence-corrected chi connectivity index (χ1v) is 6.55. The van der Waals surface area contributed by atoms with E-state index in [2.05, 4.69) is 11.8 Å².